The van der Waals surface area contributed by atoms with Crippen molar-refractivity contribution in [1.29, 1.82) is 0 Å². The molecule has 0 aromatic carbocycles. The van der Waals surface area contributed by atoms with Gasteiger partial charge < -0.3 is 15.2 Å². The van der Waals surface area contributed by atoms with E-state index < -0.39 is 5.97 Å². The monoisotopic (exact) mass is 259 g/mol. The van der Waals surface area contributed by atoms with Gasteiger partial charge >= 0.3 is 5.97 Å². The van der Waals surface area contributed by atoms with Crippen LogP contribution in [0.2, 0.25) is 0 Å². The third-order valence-corrected chi connectivity index (χ3v) is 2.46. The quantitative estimate of drug-likeness (QED) is 0.525. The van der Waals surface area contributed by atoms with Crippen molar-refractivity contribution >= 4 is 11.9 Å². The van der Waals surface area contributed by atoms with E-state index in [0.717, 1.165) is 25.7 Å². The third kappa shape index (κ3) is 13.0. The first kappa shape index (κ1) is 16.9. The predicted molar refractivity (Wildman–Crippen MR) is 69.5 cm³/mol. The maximum atomic E-state index is 11.3. The lowest BCUT2D eigenvalue weighted by Crippen LogP contribution is -2.25. The van der Waals surface area contributed by atoms with Crippen molar-refractivity contribution in [1.82, 2.24) is 5.32 Å². The minimum absolute atomic E-state index is 0.0247. The fraction of sp³-hybridized carbons (Fsp3) is 0.846. The van der Waals surface area contributed by atoms with E-state index in [-0.39, 0.29) is 12.3 Å². The van der Waals surface area contributed by atoms with Crippen molar-refractivity contribution in [2.75, 3.05) is 19.8 Å². The molecule has 18 heavy (non-hydrogen) atoms. The van der Waals surface area contributed by atoms with Crippen LogP contribution in [0.3, 0.4) is 0 Å². The Morgan fingerprint density at radius 2 is 1.78 bits per heavy atom. The van der Waals surface area contributed by atoms with Gasteiger partial charge in [-0.3, -0.25) is 9.59 Å². The summed E-state index contributed by atoms with van der Waals surface area (Å²) >= 11 is 0. The van der Waals surface area contributed by atoms with Crippen LogP contribution in [0, 0.1) is 0 Å². The highest BCUT2D eigenvalue weighted by Crippen LogP contribution is 2.02. The van der Waals surface area contributed by atoms with Crippen LogP contribution in [0.1, 0.15) is 51.9 Å². The van der Waals surface area contributed by atoms with E-state index in [1.807, 2.05) is 6.92 Å². The lowest BCUT2D eigenvalue weighted by atomic mass is 10.1. The summed E-state index contributed by atoms with van der Waals surface area (Å²) in [6.45, 7) is 3.89. The van der Waals surface area contributed by atoms with Crippen LogP contribution >= 0.6 is 0 Å². The number of hydrogen-bond donors (Lipinski definition) is 2. The molecule has 2 N–H and O–H groups in total. The van der Waals surface area contributed by atoms with Gasteiger partial charge in [-0.1, -0.05) is 19.8 Å². The molecular weight excluding hydrogens is 234 g/mol. The van der Waals surface area contributed by atoms with Gasteiger partial charge in [-0.15, -0.1) is 0 Å². The van der Waals surface area contributed by atoms with Crippen LogP contribution < -0.4 is 5.32 Å². The summed E-state index contributed by atoms with van der Waals surface area (Å²) in [4.78, 5) is 21.6. The highest BCUT2D eigenvalue weighted by molar-refractivity contribution is 5.75. The molecule has 5 nitrogen and oxygen atoms in total. The van der Waals surface area contributed by atoms with E-state index in [1.165, 1.54) is 0 Å². The highest BCUT2D eigenvalue weighted by Gasteiger charge is 2.00. The zero-order valence-electron chi connectivity index (χ0n) is 11.2. The molecule has 0 aromatic rings. The van der Waals surface area contributed by atoms with E-state index in [1.54, 1.807) is 0 Å². The van der Waals surface area contributed by atoms with Gasteiger partial charge in [0, 0.05) is 26.0 Å². The molecule has 0 atom stereocenters. The molecule has 0 aromatic heterocycles. The standard InChI is InChI=1S/C13H25NO4/c1-2-10-18-11-8-12(15)14-9-6-4-3-5-7-13(16)17/h2-11H2,1H3,(H,14,15)(H,16,17). The largest absolute Gasteiger partial charge is 0.481 e. The molecule has 5 heteroatoms. The number of hydrogen-bond acceptors (Lipinski definition) is 3. The lowest BCUT2D eigenvalue weighted by molar-refractivity contribution is -0.137. The molecular formula is C13H25NO4. The number of carbonyl (C=O) groups is 2. The number of ether oxygens (including phenoxy) is 1. The van der Waals surface area contributed by atoms with Gasteiger partial charge in [-0.05, 0) is 19.3 Å². The van der Waals surface area contributed by atoms with Crippen molar-refractivity contribution in [2.24, 2.45) is 0 Å². The molecule has 0 spiro atoms. The minimum Gasteiger partial charge on any atom is -0.481 e. The van der Waals surface area contributed by atoms with Crippen molar-refractivity contribution in [3.63, 3.8) is 0 Å². The minimum atomic E-state index is -0.740. The summed E-state index contributed by atoms with van der Waals surface area (Å²) < 4.78 is 5.22. The number of nitrogens with one attached hydrogen (secondary N) is 1. The Labute approximate surface area is 109 Å². The van der Waals surface area contributed by atoms with Gasteiger partial charge in [0.15, 0.2) is 0 Å². The van der Waals surface area contributed by atoms with Gasteiger partial charge in [-0.25, -0.2) is 0 Å². The van der Waals surface area contributed by atoms with Gasteiger partial charge in [0.1, 0.15) is 0 Å². The Morgan fingerprint density at radius 3 is 2.44 bits per heavy atom. The van der Waals surface area contributed by atoms with E-state index in [4.69, 9.17) is 9.84 Å². The first-order valence-corrected chi connectivity index (χ1v) is 6.73. The number of aliphatic carboxylic acids is 1. The summed E-state index contributed by atoms with van der Waals surface area (Å²) in [6, 6.07) is 0. The number of unbranched alkanes of at least 4 members (excludes halogenated alkanes) is 3. The molecule has 0 aliphatic carbocycles. The average Bonchev–Trinajstić information content (AvgIpc) is 2.33. The lowest BCUT2D eigenvalue weighted by Gasteiger charge is -2.05. The Balaban J connectivity index is 3.17. The van der Waals surface area contributed by atoms with Gasteiger partial charge in [-0.2, -0.15) is 0 Å². The van der Waals surface area contributed by atoms with Crippen LogP contribution in [0.25, 0.3) is 0 Å². The summed E-state index contributed by atoms with van der Waals surface area (Å²) in [7, 11) is 0. The second-order valence-corrected chi connectivity index (χ2v) is 4.27. The molecule has 0 saturated heterocycles. The molecule has 0 saturated carbocycles. The van der Waals surface area contributed by atoms with Crippen LogP contribution in [0.4, 0.5) is 0 Å². The number of carbonyl (C=O) groups excluding carboxylic acids is 1. The Morgan fingerprint density at radius 1 is 1.06 bits per heavy atom. The summed E-state index contributed by atoms with van der Waals surface area (Å²) in [6.07, 6.45) is 5.11. The van der Waals surface area contributed by atoms with Gasteiger partial charge in [0.25, 0.3) is 0 Å². The Kier molecular flexibility index (Phi) is 11.6. The molecule has 0 radical (unpaired) electrons. The molecule has 0 fully saturated rings. The molecule has 1 amide bonds. The summed E-state index contributed by atoms with van der Waals surface area (Å²) in [5, 5.41) is 11.3. The zero-order chi connectivity index (χ0) is 13.6. The topological polar surface area (TPSA) is 75.6 Å². The van der Waals surface area contributed by atoms with Crippen LogP contribution in [-0.4, -0.2) is 36.7 Å². The SMILES string of the molecule is CCCOCCC(=O)NCCCCCCC(=O)O. The van der Waals surface area contributed by atoms with Gasteiger partial charge in [0.05, 0.1) is 6.61 Å². The first-order valence-electron chi connectivity index (χ1n) is 6.73. The van der Waals surface area contributed by atoms with Crippen LogP contribution in [0.15, 0.2) is 0 Å². The summed E-state index contributed by atoms with van der Waals surface area (Å²) in [5.74, 6) is -0.716. The van der Waals surface area contributed by atoms with E-state index >= 15 is 0 Å². The number of carboxylic acid groups (broad SMARTS) is 1. The fourth-order valence-corrected chi connectivity index (χ4v) is 1.48. The van der Waals surface area contributed by atoms with Gasteiger partial charge in [0.2, 0.25) is 5.91 Å². The number of amides is 1. The molecule has 106 valence electrons. The Hall–Kier alpha value is -1.10. The maximum absolute atomic E-state index is 11.3. The fourth-order valence-electron chi connectivity index (χ4n) is 1.48. The first-order chi connectivity index (χ1) is 8.66. The summed E-state index contributed by atoms with van der Waals surface area (Å²) in [5.41, 5.74) is 0. The second-order valence-electron chi connectivity index (χ2n) is 4.27. The molecule has 0 rings (SSSR count). The maximum Gasteiger partial charge on any atom is 0.303 e. The van der Waals surface area contributed by atoms with Crippen molar-refractivity contribution in [3.8, 4) is 0 Å². The van der Waals surface area contributed by atoms with E-state index in [9.17, 15) is 9.59 Å². The van der Waals surface area contributed by atoms with Crippen LogP contribution in [-0.2, 0) is 14.3 Å². The van der Waals surface area contributed by atoms with Crippen molar-refractivity contribution < 1.29 is 19.4 Å². The molecule has 0 heterocycles. The number of carboxylic acids is 1. The molecule has 0 aliphatic rings. The smallest absolute Gasteiger partial charge is 0.303 e. The molecule has 0 bridgehead atoms. The predicted octanol–water partition coefficient (Wildman–Crippen LogP) is 1.95. The average molecular weight is 259 g/mol. The molecule has 0 unspecified atom stereocenters. The van der Waals surface area contributed by atoms with Crippen molar-refractivity contribution in [2.45, 2.75) is 51.9 Å². The Bertz CT molecular complexity index is 231. The van der Waals surface area contributed by atoms with E-state index in [0.29, 0.717) is 32.6 Å². The van der Waals surface area contributed by atoms with Crippen LogP contribution in [0.5, 0.6) is 0 Å². The second kappa shape index (κ2) is 12.4. The third-order valence-electron chi connectivity index (χ3n) is 2.46. The van der Waals surface area contributed by atoms with Crippen molar-refractivity contribution in [3.05, 3.63) is 0 Å². The van der Waals surface area contributed by atoms with E-state index in [2.05, 4.69) is 5.32 Å². The molecule has 0 aliphatic heterocycles. The number of rotatable bonds is 12. The zero-order valence-corrected chi connectivity index (χ0v) is 11.2. The highest BCUT2D eigenvalue weighted by atomic mass is 16.5. The normalized spacial score (nSPS) is 10.3.